The molecule has 138 valence electrons. The van der Waals surface area contributed by atoms with E-state index in [1.54, 1.807) is 48.5 Å². The highest BCUT2D eigenvalue weighted by molar-refractivity contribution is 6.31. The second kappa shape index (κ2) is 8.44. The van der Waals surface area contributed by atoms with E-state index in [0.29, 0.717) is 26.9 Å². The lowest BCUT2D eigenvalue weighted by Gasteiger charge is -2.17. The van der Waals surface area contributed by atoms with E-state index in [4.69, 9.17) is 32.7 Å². The Hall–Kier alpha value is -2.53. The first-order valence-electron chi connectivity index (χ1n) is 8.04. The molecule has 0 bridgehead atoms. The van der Waals surface area contributed by atoms with E-state index in [2.05, 4.69) is 0 Å². The number of halogens is 2. The van der Waals surface area contributed by atoms with Crippen LogP contribution in [0, 0.1) is 0 Å². The van der Waals surface area contributed by atoms with Gasteiger partial charge in [0.1, 0.15) is 5.75 Å². The number of carbonyl (C=O) groups is 1. The number of hydrogen-bond donors (Lipinski definition) is 1. The molecule has 0 saturated heterocycles. The third-order valence-corrected chi connectivity index (χ3v) is 4.40. The SMILES string of the molecule is COCOc1c(-c2cccc(Cl)c2)cc(C(=O)O)cc1-c1cccc(Cl)c1. The molecule has 0 aliphatic rings. The molecule has 0 aliphatic carbocycles. The van der Waals surface area contributed by atoms with Crippen molar-refractivity contribution in [2.24, 2.45) is 0 Å². The van der Waals surface area contributed by atoms with Crippen molar-refractivity contribution < 1.29 is 19.4 Å². The number of carboxylic acid groups (broad SMARTS) is 1. The molecule has 3 aromatic carbocycles. The van der Waals surface area contributed by atoms with E-state index in [0.717, 1.165) is 11.1 Å². The van der Waals surface area contributed by atoms with Crippen molar-refractivity contribution in [1.29, 1.82) is 0 Å². The number of aromatic carboxylic acids is 1. The van der Waals surface area contributed by atoms with E-state index in [-0.39, 0.29) is 12.4 Å². The first-order chi connectivity index (χ1) is 13.0. The van der Waals surface area contributed by atoms with Gasteiger partial charge in [0.25, 0.3) is 0 Å². The van der Waals surface area contributed by atoms with Gasteiger partial charge in [-0.15, -0.1) is 0 Å². The molecule has 0 spiro atoms. The van der Waals surface area contributed by atoms with Gasteiger partial charge in [0.2, 0.25) is 0 Å². The molecule has 27 heavy (non-hydrogen) atoms. The summed E-state index contributed by atoms with van der Waals surface area (Å²) in [5.41, 5.74) is 2.80. The van der Waals surface area contributed by atoms with Crippen LogP contribution in [0.25, 0.3) is 22.3 Å². The lowest BCUT2D eigenvalue weighted by molar-refractivity contribution is 0.0519. The van der Waals surface area contributed by atoms with Crippen molar-refractivity contribution in [3.63, 3.8) is 0 Å². The van der Waals surface area contributed by atoms with Crippen LogP contribution in [0.4, 0.5) is 0 Å². The van der Waals surface area contributed by atoms with Crippen molar-refractivity contribution in [1.82, 2.24) is 0 Å². The van der Waals surface area contributed by atoms with Crippen LogP contribution in [0.5, 0.6) is 5.75 Å². The molecule has 0 amide bonds. The highest BCUT2D eigenvalue weighted by Gasteiger charge is 2.19. The maximum atomic E-state index is 11.7. The number of methoxy groups -OCH3 is 1. The third kappa shape index (κ3) is 4.42. The topological polar surface area (TPSA) is 55.8 Å². The Labute approximate surface area is 166 Å². The maximum Gasteiger partial charge on any atom is 0.335 e. The average Bonchev–Trinajstić information content (AvgIpc) is 2.65. The van der Waals surface area contributed by atoms with Crippen molar-refractivity contribution in [2.45, 2.75) is 0 Å². The van der Waals surface area contributed by atoms with Gasteiger partial charge < -0.3 is 14.6 Å². The summed E-state index contributed by atoms with van der Waals surface area (Å²) in [5, 5.41) is 10.7. The van der Waals surface area contributed by atoms with Crippen LogP contribution in [0.2, 0.25) is 10.0 Å². The Morgan fingerprint density at radius 3 is 1.85 bits per heavy atom. The van der Waals surface area contributed by atoms with Gasteiger partial charge in [0, 0.05) is 28.3 Å². The minimum absolute atomic E-state index is 0.00749. The number of benzene rings is 3. The Balaban J connectivity index is 2.31. The molecule has 0 heterocycles. The molecule has 0 atom stereocenters. The van der Waals surface area contributed by atoms with Crippen molar-refractivity contribution >= 4 is 29.2 Å². The number of ether oxygens (including phenoxy) is 2. The van der Waals surface area contributed by atoms with Gasteiger partial charge in [0.15, 0.2) is 6.79 Å². The van der Waals surface area contributed by atoms with E-state index in [1.807, 2.05) is 12.1 Å². The third-order valence-electron chi connectivity index (χ3n) is 3.93. The van der Waals surface area contributed by atoms with Gasteiger partial charge in [-0.3, -0.25) is 0 Å². The molecule has 1 N–H and O–H groups in total. The largest absolute Gasteiger partial charge is 0.478 e. The van der Waals surface area contributed by atoms with Crippen molar-refractivity contribution in [2.75, 3.05) is 13.9 Å². The molecule has 4 nitrogen and oxygen atoms in total. The summed E-state index contributed by atoms with van der Waals surface area (Å²) in [6.45, 7) is 0.00749. The molecule has 3 aromatic rings. The van der Waals surface area contributed by atoms with Crippen LogP contribution in [-0.2, 0) is 4.74 Å². The van der Waals surface area contributed by atoms with Gasteiger partial charge in [0.05, 0.1) is 5.56 Å². The zero-order valence-corrected chi connectivity index (χ0v) is 15.9. The Bertz CT molecular complexity index is 919. The number of hydrogen-bond acceptors (Lipinski definition) is 3. The smallest absolute Gasteiger partial charge is 0.335 e. The summed E-state index contributed by atoms with van der Waals surface area (Å²) in [6, 6.07) is 17.4. The zero-order chi connectivity index (χ0) is 19.4. The maximum absolute atomic E-state index is 11.7. The van der Waals surface area contributed by atoms with E-state index < -0.39 is 5.97 Å². The van der Waals surface area contributed by atoms with E-state index >= 15 is 0 Å². The summed E-state index contributed by atoms with van der Waals surface area (Å²) in [6.07, 6.45) is 0. The van der Waals surface area contributed by atoms with Crippen LogP contribution < -0.4 is 4.74 Å². The zero-order valence-electron chi connectivity index (χ0n) is 14.4. The summed E-state index contributed by atoms with van der Waals surface area (Å²) in [5.74, 6) is -0.550. The van der Waals surface area contributed by atoms with Crippen LogP contribution in [-0.4, -0.2) is 25.0 Å². The summed E-state index contributed by atoms with van der Waals surface area (Å²) >= 11 is 12.3. The molecule has 0 aliphatic heterocycles. The average molecular weight is 403 g/mol. The summed E-state index contributed by atoms with van der Waals surface area (Å²) < 4.78 is 10.9. The van der Waals surface area contributed by atoms with Crippen molar-refractivity contribution in [3.8, 4) is 28.0 Å². The molecule has 0 saturated carbocycles. The predicted molar refractivity (Wildman–Crippen MR) is 107 cm³/mol. The van der Waals surface area contributed by atoms with Crippen LogP contribution >= 0.6 is 23.2 Å². The standard InChI is InChI=1S/C21H16Cl2O4/c1-26-12-27-20-18(13-4-2-6-16(22)8-13)10-15(21(24)25)11-19(20)14-5-3-7-17(23)9-14/h2-11H,12H2,1H3,(H,24,25). The molecule has 0 aromatic heterocycles. The minimum atomic E-state index is -1.04. The highest BCUT2D eigenvalue weighted by Crippen LogP contribution is 2.41. The predicted octanol–water partition coefficient (Wildman–Crippen LogP) is 6.01. The van der Waals surface area contributed by atoms with Crippen LogP contribution in [0.1, 0.15) is 10.4 Å². The fourth-order valence-corrected chi connectivity index (χ4v) is 3.15. The monoisotopic (exact) mass is 402 g/mol. The summed E-state index contributed by atoms with van der Waals surface area (Å²) in [7, 11) is 1.52. The van der Waals surface area contributed by atoms with Gasteiger partial charge in [-0.2, -0.15) is 0 Å². The second-order valence-corrected chi connectivity index (χ2v) is 6.65. The Morgan fingerprint density at radius 1 is 0.926 bits per heavy atom. The fourth-order valence-electron chi connectivity index (χ4n) is 2.77. The van der Waals surface area contributed by atoms with Gasteiger partial charge >= 0.3 is 5.97 Å². The van der Waals surface area contributed by atoms with Crippen LogP contribution in [0.3, 0.4) is 0 Å². The van der Waals surface area contributed by atoms with E-state index in [9.17, 15) is 9.90 Å². The number of rotatable bonds is 6. The Kier molecular flexibility index (Phi) is 6.01. The fraction of sp³-hybridized carbons (Fsp3) is 0.0952. The van der Waals surface area contributed by atoms with E-state index in [1.165, 1.54) is 7.11 Å². The first-order valence-corrected chi connectivity index (χ1v) is 8.80. The number of carboxylic acids is 1. The minimum Gasteiger partial charge on any atom is -0.478 e. The molecule has 3 rings (SSSR count). The second-order valence-electron chi connectivity index (χ2n) is 5.78. The quantitative estimate of drug-likeness (QED) is 0.513. The molecular weight excluding hydrogens is 387 g/mol. The molecule has 0 radical (unpaired) electrons. The van der Waals surface area contributed by atoms with Crippen LogP contribution in [0.15, 0.2) is 60.7 Å². The van der Waals surface area contributed by atoms with Gasteiger partial charge in [-0.25, -0.2) is 4.79 Å². The summed E-state index contributed by atoms with van der Waals surface area (Å²) in [4.78, 5) is 11.7. The lowest BCUT2D eigenvalue weighted by atomic mass is 9.94. The normalized spacial score (nSPS) is 10.6. The van der Waals surface area contributed by atoms with Crippen molar-refractivity contribution in [3.05, 3.63) is 76.3 Å². The molecule has 0 fully saturated rings. The lowest BCUT2D eigenvalue weighted by Crippen LogP contribution is -2.05. The van der Waals surface area contributed by atoms with Gasteiger partial charge in [-0.1, -0.05) is 47.5 Å². The highest BCUT2D eigenvalue weighted by atomic mass is 35.5. The molecule has 0 unspecified atom stereocenters. The Morgan fingerprint density at radius 2 is 1.44 bits per heavy atom. The molecular formula is C21H16Cl2O4. The molecule has 6 heteroatoms. The van der Waals surface area contributed by atoms with Gasteiger partial charge in [-0.05, 0) is 47.5 Å². The first kappa shape index (κ1) is 19.2.